The summed E-state index contributed by atoms with van der Waals surface area (Å²) in [6.07, 6.45) is 2.41. The lowest BCUT2D eigenvalue weighted by Crippen LogP contribution is -2.42. The van der Waals surface area contributed by atoms with Crippen LogP contribution in [0.5, 0.6) is 5.75 Å². The number of carbonyl (C=O) groups excluding carboxylic acids is 2. The zero-order valence-corrected chi connectivity index (χ0v) is 19.6. The second-order valence-electron chi connectivity index (χ2n) is 8.66. The molecule has 3 aromatic rings. The fourth-order valence-corrected chi connectivity index (χ4v) is 4.23. The van der Waals surface area contributed by atoms with Crippen molar-refractivity contribution in [3.05, 3.63) is 102 Å². The SMILES string of the molecule is C=CCNC(=O)c1ccc(COc2ccc3c(c2)[C@@H](c2ccccc2)N(C(=O)C(C)C)CC3)o1. The molecule has 6 heteroatoms. The molecular weight excluding hydrogens is 428 g/mol. The molecule has 0 bridgehead atoms. The Morgan fingerprint density at radius 3 is 2.71 bits per heavy atom. The van der Waals surface area contributed by atoms with Gasteiger partial charge in [-0.2, -0.15) is 0 Å². The molecular formula is C28H30N2O4. The molecule has 0 saturated heterocycles. The summed E-state index contributed by atoms with van der Waals surface area (Å²) >= 11 is 0. The predicted molar refractivity (Wildman–Crippen MR) is 131 cm³/mol. The molecule has 2 heterocycles. The normalized spacial score (nSPS) is 15.0. The fourth-order valence-electron chi connectivity index (χ4n) is 4.23. The van der Waals surface area contributed by atoms with Crippen molar-refractivity contribution < 1.29 is 18.7 Å². The van der Waals surface area contributed by atoms with Crippen molar-refractivity contribution in [3.63, 3.8) is 0 Å². The molecule has 0 spiro atoms. The third-order valence-corrected chi connectivity index (χ3v) is 5.91. The molecule has 1 aliphatic rings. The Labute approximate surface area is 200 Å². The number of fused-ring (bicyclic) bond motifs is 1. The third kappa shape index (κ3) is 5.06. The minimum Gasteiger partial charge on any atom is -0.486 e. The van der Waals surface area contributed by atoms with Crippen LogP contribution in [0.2, 0.25) is 0 Å². The average Bonchev–Trinajstić information content (AvgIpc) is 3.34. The number of hydrogen-bond donors (Lipinski definition) is 1. The highest BCUT2D eigenvalue weighted by atomic mass is 16.5. The monoisotopic (exact) mass is 458 g/mol. The van der Waals surface area contributed by atoms with E-state index < -0.39 is 0 Å². The van der Waals surface area contributed by atoms with Crippen molar-refractivity contribution in [1.29, 1.82) is 0 Å². The number of amides is 2. The quantitative estimate of drug-likeness (QED) is 0.487. The van der Waals surface area contributed by atoms with Gasteiger partial charge in [0, 0.05) is 19.0 Å². The Bertz CT molecular complexity index is 1170. The first-order chi connectivity index (χ1) is 16.5. The van der Waals surface area contributed by atoms with E-state index in [2.05, 4.69) is 30.1 Å². The maximum Gasteiger partial charge on any atom is 0.287 e. The topological polar surface area (TPSA) is 71.8 Å². The van der Waals surface area contributed by atoms with Crippen LogP contribution in [0.1, 0.15) is 52.9 Å². The average molecular weight is 459 g/mol. The number of furan rings is 1. The van der Waals surface area contributed by atoms with E-state index in [0.29, 0.717) is 24.6 Å². The van der Waals surface area contributed by atoms with Gasteiger partial charge >= 0.3 is 0 Å². The van der Waals surface area contributed by atoms with Crippen LogP contribution in [0.25, 0.3) is 0 Å². The lowest BCUT2D eigenvalue weighted by molar-refractivity contribution is -0.136. The van der Waals surface area contributed by atoms with Gasteiger partial charge in [0.05, 0.1) is 6.04 Å². The molecule has 1 aromatic heterocycles. The first kappa shape index (κ1) is 23.4. The maximum absolute atomic E-state index is 13.1. The van der Waals surface area contributed by atoms with Gasteiger partial charge in [0.15, 0.2) is 5.76 Å². The van der Waals surface area contributed by atoms with Gasteiger partial charge < -0.3 is 19.4 Å². The molecule has 0 saturated carbocycles. The number of carbonyl (C=O) groups is 2. The largest absolute Gasteiger partial charge is 0.486 e. The number of nitrogens with zero attached hydrogens (tertiary/aromatic N) is 1. The molecule has 0 unspecified atom stereocenters. The van der Waals surface area contributed by atoms with Crippen molar-refractivity contribution in [3.8, 4) is 5.75 Å². The predicted octanol–water partition coefficient (Wildman–Crippen LogP) is 4.90. The Balaban J connectivity index is 1.56. The summed E-state index contributed by atoms with van der Waals surface area (Å²) in [7, 11) is 0. The van der Waals surface area contributed by atoms with Crippen molar-refractivity contribution in [2.45, 2.75) is 32.9 Å². The van der Waals surface area contributed by atoms with Crippen LogP contribution in [0.15, 0.2) is 77.7 Å². The van der Waals surface area contributed by atoms with Gasteiger partial charge in [-0.25, -0.2) is 0 Å². The number of ether oxygens (including phenoxy) is 1. The minimum absolute atomic E-state index is 0.0796. The first-order valence-electron chi connectivity index (χ1n) is 11.6. The summed E-state index contributed by atoms with van der Waals surface area (Å²) in [5.74, 6) is 1.25. The first-order valence-corrected chi connectivity index (χ1v) is 11.6. The van der Waals surface area contributed by atoms with Crippen LogP contribution in [-0.2, 0) is 17.8 Å². The molecule has 0 radical (unpaired) electrons. The molecule has 1 atom stereocenters. The van der Waals surface area contributed by atoms with E-state index in [4.69, 9.17) is 9.15 Å². The van der Waals surface area contributed by atoms with Crippen molar-refractivity contribution in [2.75, 3.05) is 13.1 Å². The number of benzene rings is 2. The lowest BCUT2D eigenvalue weighted by atomic mass is 9.87. The van der Waals surface area contributed by atoms with Gasteiger partial charge in [0.1, 0.15) is 18.1 Å². The van der Waals surface area contributed by atoms with Crippen LogP contribution in [0, 0.1) is 5.92 Å². The van der Waals surface area contributed by atoms with Crippen LogP contribution in [0.4, 0.5) is 0 Å². The molecule has 4 rings (SSSR count). The molecule has 176 valence electrons. The Kier molecular flexibility index (Phi) is 7.16. The number of rotatable bonds is 8. The Morgan fingerprint density at radius 2 is 1.97 bits per heavy atom. The van der Waals surface area contributed by atoms with E-state index in [1.165, 1.54) is 5.56 Å². The molecule has 2 amide bonds. The highest BCUT2D eigenvalue weighted by Crippen LogP contribution is 2.38. The van der Waals surface area contributed by atoms with Crippen molar-refractivity contribution in [2.24, 2.45) is 5.92 Å². The zero-order valence-electron chi connectivity index (χ0n) is 19.6. The van der Waals surface area contributed by atoms with E-state index in [-0.39, 0.29) is 36.1 Å². The Hall–Kier alpha value is -3.80. The number of nitrogens with one attached hydrogen (secondary N) is 1. The van der Waals surface area contributed by atoms with Crippen LogP contribution >= 0.6 is 0 Å². The van der Waals surface area contributed by atoms with Gasteiger partial charge in [0.2, 0.25) is 5.91 Å². The molecule has 1 aliphatic heterocycles. The minimum atomic E-state index is -0.291. The summed E-state index contributed by atoms with van der Waals surface area (Å²) in [5, 5.41) is 2.69. The van der Waals surface area contributed by atoms with Gasteiger partial charge in [-0.05, 0) is 47.4 Å². The second kappa shape index (κ2) is 10.4. The summed E-state index contributed by atoms with van der Waals surface area (Å²) < 4.78 is 11.6. The van der Waals surface area contributed by atoms with Gasteiger partial charge in [-0.1, -0.05) is 56.3 Å². The van der Waals surface area contributed by atoms with E-state index >= 15 is 0 Å². The lowest BCUT2D eigenvalue weighted by Gasteiger charge is -2.39. The molecule has 0 aliphatic carbocycles. The molecule has 0 fully saturated rings. The summed E-state index contributed by atoms with van der Waals surface area (Å²) in [5.41, 5.74) is 3.37. The maximum atomic E-state index is 13.1. The van der Waals surface area contributed by atoms with Gasteiger partial charge in [0.25, 0.3) is 5.91 Å². The smallest absolute Gasteiger partial charge is 0.287 e. The van der Waals surface area contributed by atoms with E-state index in [1.54, 1.807) is 18.2 Å². The van der Waals surface area contributed by atoms with E-state index in [1.807, 2.05) is 49.1 Å². The van der Waals surface area contributed by atoms with Crippen LogP contribution in [0.3, 0.4) is 0 Å². The molecule has 6 nitrogen and oxygen atoms in total. The molecule has 1 N–H and O–H groups in total. The fraction of sp³-hybridized carbons (Fsp3) is 0.286. The van der Waals surface area contributed by atoms with E-state index in [0.717, 1.165) is 17.5 Å². The molecule has 2 aromatic carbocycles. The van der Waals surface area contributed by atoms with Gasteiger partial charge in [-0.3, -0.25) is 9.59 Å². The van der Waals surface area contributed by atoms with Gasteiger partial charge in [-0.15, -0.1) is 6.58 Å². The highest BCUT2D eigenvalue weighted by Gasteiger charge is 2.33. The van der Waals surface area contributed by atoms with Crippen LogP contribution < -0.4 is 10.1 Å². The number of hydrogen-bond acceptors (Lipinski definition) is 4. The highest BCUT2D eigenvalue weighted by molar-refractivity contribution is 5.91. The second-order valence-corrected chi connectivity index (χ2v) is 8.66. The van der Waals surface area contributed by atoms with Crippen LogP contribution in [-0.4, -0.2) is 29.8 Å². The summed E-state index contributed by atoms with van der Waals surface area (Å²) in [6, 6.07) is 19.4. The summed E-state index contributed by atoms with van der Waals surface area (Å²) in [4.78, 5) is 27.1. The van der Waals surface area contributed by atoms with E-state index in [9.17, 15) is 9.59 Å². The summed E-state index contributed by atoms with van der Waals surface area (Å²) in [6.45, 7) is 8.72. The third-order valence-electron chi connectivity index (χ3n) is 5.91. The standard InChI is InChI=1S/C28H30N2O4/c1-4-15-29-27(31)25-13-12-23(34-25)18-33-22-11-10-20-14-16-30(28(32)19(2)3)26(24(20)17-22)21-8-6-5-7-9-21/h4-13,17,19,26H,1,14-16,18H2,2-3H3,(H,29,31)/t26-/m1/s1. The zero-order chi connectivity index (χ0) is 24.1. The Morgan fingerprint density at radius 1 is 1.18 bits per heavy atom. The molecule has 34 heavy (non-hydrogen) atoms. The van der Waals surface area contributed by atoms with Crippen molar-refractivity contribution >= 4 is 11.8 Å². The van der Waals surface area contributed by atoms with Crippen molar-refractivity contribution in [1.82, 2.24) is 10.2 Å².